The van der Waals surface area contributed by atoms with Crippen molar-refractivity contribution in [1.29, 1.82) is 0 Å². The first-order valence-electron chi connectivity index (χ1n) is 5.19. The summed E-state index contributed by atoms with van der Waals surface area (Å²) < 4.78 is 4.49. The predicted molar refractivity (Wildman–Crippen MR) is 57.0 cm³/mol. The van der Waals surface area contributed by atoms with Gasteiger partial charge in [-0.2, -0.15) is 0 Å². The molecule has 0 saturated carbocycles. The molecule has 3 nitrogen and oxygen atoms in total. The van der Waals surface area contributed by atoms with Crippen LogP contribution in [0, 0.1) is 11.3 Å². The molecule has 0 N–H and O–H groups in total. The minimum atomic E-state index is -0.409. The first-order chi connectivity index (χ1) is 6.78. The summed E-state index contributed by atoms with van der Waals surface area (Å²) in [6.45, 7) is 10.3. The Labute approximate surface area is 90.5 Å². The van der Waals surface area contributed by atoms with E-state index in [0.29, 0.717) is 6.42 Å². The molecule has 1 aliphatic rings. The Bertz CT molecular complexity index is 296. The van der Waals surface area contributed by atoms with Crippen LogP contribution in [0.15, 0.2) is 12.2 Å². The number of allylic oxidation sites excluding steroid dienone is 1. The van der Waals surface area contributed by atoms with Gasteiger partial charge >= 0.3 is 11.9 Å². The van der Waals surface area contributed by atoms with E-state index in [1.165, 1.54) is 0 Å². The molecule has 1 atom stereocenters. The molecule has 1 fully saturated rings. The largest absolute Gasteiger partial charge is 0.393 e. The molecule has 1 rings (SSSR count). The minimum Gasteiger partial charge on any atom is -0.393 e. The average Bonchev–Trinajstić information content (AvgIpc) is 2.25. The monoisotopic (exact) mass is 210 g/mol. The van der Waals surface area contributed by atoms with Crippen molar-refractivity contribution in [2.75, 3.05) is 0 Å². The predicted octanol–water partition coefficient (Wildman–Crippen LogP) is 2.46. The van der Waals surface area contributed by atoms with E-state index in [1.807, 2.05) is 0 Å². The van der Waals surface area contributed by atoms with E-state index in [0.717, 1.165) is 12.0 Å². The lowest BCUT2D eigenvalue weighted by Crippen LogP contribution is -2.12. The first kappa shape index (κ1) is 12.0. The second kappa shape index (κ2) is 4.17. The summed E-state index contributed by atoms with van der Waals surface area (Å²) in [6.07, 6.45) is 1.65. The molecular weight excluding hydrogens is 192 g/mol. The van der Waals surface area contributed by atoms with Gasteiger partial charge < -0.3 is 4.74 Å². The van der Waals surface area contributed by atoms with Crippen LogP contribution >= 0.6 is 0 Å². The van der Waals surface area contributed by atoms with Gasteiger partial charge in [0.25, 0.3) is 0 Å². The maximum atomic E-state index is 11.2. The third-order valence-corrected chi connectivity index (χ3v) is 2.28. The van der Waals surface area contributed by atoms with E-state index in [2.05, 4.69) is 32.1 Å². The Morgan fingerprint density at radius 1 is 1.47 bits per heavy atom. The van der Waals surface area contributed by atoms with Crippen molar-refractivity contribution < 1.29 is 14.3 Å². The van der Waals surface area contributed by atoms with Crippen LogP contribution in [-0.2, 0) is 14.3 Å². The molecule has 0 spiro atoms. The molecule has 0 aromatic heterocycles. The Balaban J connectivity index is 2.45. The summed E-state index contributed by atoms with van der Waals surface area (Å²) in [5.74, 6) is -1.10. The molecule has 0 radical (unpaired) electrons. The molecule has 1 saturated heterocycles. The van der Waals surface area contributed by atoms with Crippen molar-refractivity contribution in [2.24, 2.45) is 11.3 Å². The van der Waals surface area contributed by atoms with Crippen molar-refractivity contribution in [3.63, 3.8) is 0 Å². The van der Waals surface area contributed by atoms with Crippen molar-refractivity contribution in [1.82, 2.24) is 0 Å². The van der Waals surface area contributed by atoms with Gasteiger partial charge in [-0.3, -0.25) is 9.59 Å². The maximum absolute atomic E-state index is 11.2. The summed E-state index contributed by atoms with van der Waals surface area (Å²) in [5.41, 5.74) is 1.18. The van der Waals surface area contributed by atoms with Crippen LogP contribution in [0.2, 0.25) is 0 Å². The van der Waals surface area contributed by atoms with Crippen LogP contribution in [0.4, 0.5) is 0 Å². The molecule has 0 aromatic carbocycles. The van der Waals surface area contributed by atoms with E-state index in [9.17, 15) is 9.59 Å². The van der Waals surface area contributed by atoms with Crippen LogP contribution in [0.1, 0.15) is 40.0 Å². The van der Waals surface area contributed by atoms with Crippen LogP contribution in [0.3, 0.4) is 0 Å². The van der Waals surface area contributed by atoms with Crippen LogP contribution < -0.4 is 0 Å². The fourth-order valence-electron chi connectivity index (χ4n) is 1.85. The first-order valence-corrected chi connectivity index (χ1v) is 5.19. The third kappa shape index (κ3) is 3.86. The van der Waals surface area contributed by atoms with E-state index < -0.39 is 11.9 Å². The number of cyclic esters (lactones) is 2. The molecule has 3 heteroatoms. The highest BCUT2D eigenvalue weighted by Crippen LogP contribution is 2.30. The zero-order valence-electron chi connectivity index (χ0n) is 9.63. The Morgan fingerprint density at radius 3 is 2.47 bits per heavy atom. The van der Waals surface area contributed by atoms with E-state index >= 15 is 0 Å². The van der Waals surface area contributed by atoms with Crippen molar-refractivity contribution in [2.45, 2.75) is 40.0 Å². The third-order valence-electron chi connectivity index (χ3n) is 2.28. The van der Waals surface area contributed by atoms with Crippen LogP contribution in [0.25, 0.3) is 0 Å². The number of rotatable bonds is 3. The Morgan fingerprint density at radius 2 is 2.07 bits per heavy atom. The molecule has 1 heterocycles. The van der Waals surface area contributed by atoms with Gasteiger partial charge in [0.2, 0.25) is 0 Å². The zero-order chi connectivity index (χ0) is 11.6. The number of carbonyl (C=O) groups is 2. The lowest BCUT2D eigenvalue weighted by atomic mass is 9.85. The fraction of sp³-hybridized carbons (Fsp3) is 0.667. The normalized spacial score (nSPS) is 21.7. The molecule has 0 bridgehead atoms. The zero-order valence-corrected chi connectivity index (χ0v) is 9.63. The molecule has 1 unspecified atom stereocenters. The van der Waals surface area contributed by atoms with E-state index in [4.69, 9.17) is 0 Å². The van der Waals surface area contributed by atoms with Gasteiger partial charge in [-0.25, -0.2) is 0 Å². The van der Waals surface area contributed by atoms with Crippen molar-refractivity contribution in [3.05, 3.63) is 12.2 Å². The second-order valence-electron chi connectivity index (χ2n) is 5.39. The lowest BCUT2D eigenvalue weighted by molar-refractivity contribution is -0.153. The quantitative estimate of drug-likeness (QED) is 0.408. The van der Waals surface area contributed by atoms with E-state index in [-0.39, 0.29) is 17.8 Å². The van der Waals surface area contributed by atoms with Gasteiger partial charge in [0.05, 0.1) is 12.3 Å². The Hall–Kier alpha value is -1.12. The van der Waals surface area contributed by atoms with Gasteiger partial charge in [-0.1, -0.05) is 32.9 Å². The minimum absolute atomic E-state index is 0.170. The summed E-state index contributed by atoms with van der Waals surface area (Å²) in [5, 5.41) is 0. The standard InChI is InChI=1S/C12H18O3/c1-8(7-12(2,3)4)5-9-6-10(13)15-11(9)14/h9H,1,5-7H2,2-4H3. The number of hydrogen-bond donors (Lipinski definition) is 0. The Kier molecular flexibility index (Phi) is 3.32. The summed E-state index contributed by atoms with van der Waals surface area (Å²) in [6, 6.07) is 0. The van der Waals surface area contributed by atoms with Crippen LogP contribution in [0.5, 0.6) is 0 Å². The van der Waals surface area contributed by atoms with Crippen molar-refractivity contribution >= 4 is 11.9 Å². The maximum Gasteiger partial charge on any atom is 0.317 e. The summed E-state index contributed by atoms with van der Waals surface area (Å²) in [7, 11) is 0. The topological polar surface area (TPSA) is 43.4 Å². The highest BCUT2D eigenvalue weighted by atomic mass is 16.6. The summed E-state index contributed by atoms with van der Waals surface area (Å²) >= 11 is 0. The SMILES string of the molecule is C=C(CC1CC(=O)OC1=O)CC(C)(C)C. The molecule has 0 aromatic rings. The van der Waals surface area contributed by atoms with Gasteiger partial charge in [0.1, 0.15) is 0 Å². The van der Waals surface area contributed by atoms with Gasteiger partial charge in [0, 0.05) is 0 Å². The molecule has 0 aliphatic carbocycles. The summed E-state index contributed by atoms with van der Waals surface area (Å²) in [4.78, 5) is 22.1. The highest BCUT2D eigenvalue weighted by Gasteiger charge is 2.33. The van der Waals surface area contributed by atoms with E-state index in [1.54, 1.807) is 0 Å². The van der Waals surface area contributed by atoms with Gasteiger partial charge in [-0.05, 0) is 18.3 Å². The van der Waals surface area contributed by atoms with Crippen molar-refractivity contribution in [3.8, 4) is 0 Å². The average molecular weight is 210 g/mol. The molecule has 0 amide bonds. The van der Waals surface area contributed by atoms with Gasteiger partial charge in [-0.15, -0.1) is 0 Å². The molecule has 15 heavy (non-hydrogen) atoms. The fourth-order valence-corrected chi connectivity index (χ4v) is 1.85. The molecular formula is C12H18O3. The lowest BCUT2D eigenvalue weighted by Gasteiger charge is -2.20. The second-order valence-corrected chi connectivity index (χ2v) is 5.39. The molecule has 84 valence electrons. The smallest absolute Gasteiger partial charge is 0.317 e. The number of carbonyl (C=O) groups excluding carboxylic acids is 2. The highest BCUT2D eigenvalue weighted by molar-refractivity contribution is 5.94. The van der Waals surface area contributed by atoms with Gasteiger partial charge in [0.15, 0.2) is 0 Å². The number of ether oxygens (including phenoxy) is 1. The number of esters is 2. The number of hydrogen-bond acceptors (Lipinski definition) is 3. The van der Waals surface area contributed by atoms with Crippen LogP contribution in [-0.4, -0.2) is 11.9 Å². The molecule has 1 aliphatic heterocycles.